The highest BCUT2D eigenvalue weighted by molar-refractivity contribution is 5.84. The van der Waals surface area contributed by atoms with Crippen LogP contribution in [-0.4, -0.2) is 34.5 Å². The maximum atomic E-state index is 14.1. The molecule has 5 nitrogen and oxygen atoms in total. The zero-order valence-electron chi connectivity index (χ0n) is 27.8. The van der Waals surface area contributed by atoms with Crippen LogP contribution in [0.2, 0.25) is 0 Å². The summed E-state index contributed by atoms with van der Waals surface area (Å²) in [6, 6.07) is 6.83. The summed E-state index contributed by atoms with van der Waals surface area (Å²) in [5, 5.41) is 0. The van der Waals surface area contributed by atoms with Crippen molar-refractivity contribution in [3.05, 3.63) is 76.9 Å². The highest BCUT2D eigenvalue weighted by atomic mass is 19.1. The van der Waals surface area contributed by atoms with Crippen LogP contribution in [0.1, 0.15) is 122 Å². The molecule has 2 heterocycles. The minimum atomic E-state index is -0.863. The van der Waals surface area contributed by atoms with Crippen LogP contribution in [0.3, 0.4) is 0 Å². The molecule has 2 aromatic rings. The van der Waals surface area contributed by atoms with Gasteiger partial charge in [-0.3, -0.25) is 9.78 Å². The summed E-state index contributed by atoms with van der Waals surface area (Å²) in [5.41, 5.74) is 7.10. The van der Waals surface area contributed by atoms with Crippen LogP contribution in [0.15, 0.2) is 48.6 Å². The van der Waals surface area contributed by atoms with E-state index in [9.17, 15) is 9.18 Å². The van der Waals surface area contributed by atoms with E-state index >= 15 is 0 Å². The molecule has 2 aliphatic rings. The first-order chi connectivity index (χ1) is 20.8. The molecule has 1 aromatic carbocycles. The number of halogens is 1. The number of aromatic nitrogens is 1. The minimum absolute atomic E-state index is 0.154. The third kappa shape index (κ3) is 8.98. The molecule has 1 aliphatic carbocycles. The molecule has 0 saturated carbocycles. The lowest BCUT2D eigenvalue weighted by molar-refractivity contribution is -0.290. The summed E-state index contributed by atoms with van der Waals surface area (Å²) >= 11 is 0. The minimum Gasteiger partial charge on any atom is -0.460 e. The molecule has 0 unspecified atom stereocenters. The van der Waals surface area contributed by atoms with Crippen molar-refractivity contribution in [2.75, 3.05) is 0 Å². The number of nitrogens with zero attached hydrogens (tertiary/aromatic N) is 1. The van der Waals surface area contributed by atoms with Crippen LogP contribution < -0.4 is 0 Å². The molecule has 2 atom stereocenters. The number of rotatable bonds is 8. The predicted octanol–water partition coefficient (Wildman–Crippen LogP) is 9.74. The summed E-state index contributed by atoms with van der Waals surface area (Å²) in [7, 11) is 0. The second-order valence-corrected chi connectivity index (χ2v) is 13.7. The summed E-state index contributed by atoms with van der Waals surface area (Å²) in [6.07, 6.45) is 15.8. The van der Waals surface area contributed by atoms with Gasteiger partial charge >= 0.3 is 5.97 Å². The van der Waals surface area contributed by atoms with Crippen molar-refractivity contribution in [3.63, 3.8) is 0 Å². The average molecular weight is 604 g/mol. The van der Waals surface area contributed by atoms with Gasteiger partial charge in [-0.25, -0.2) is 4.39 Å². The van der Waals surface area contributed by atoms with Crippen molar-refractivity contribution in [2.45, 2.75) is 130 Å². The van der Waals surface area contributed by atoms with Crippen molar-refractivity contribution in [2.24, 2.45) is 0 Å². The van der Waals surface area contributed by atoms with Gasteiger partial charge in [-0.05, 0) is 107 Å². The third-order valence-corrected chi connectivity index (χ3v) is 7.81. The largest absolute Gasteiger partial charge is 0.460 e. The van der Waals surface area contributed by atoms with Crippen LogP contribution in [0.25, 0.3) is 22.8 Å². The Kier molecular flexibility index (Phi) is 11.0. The van der Waals surface area contributed by atoms with E-state index in [1.165, 1.54) is 23.3 Å². The molecule has 6 heteroatoms. The Labute approximate surface area is 263 Å². The predicted molar refractivity (Wildman–Crippen MR) is 177 cm³/mol. The van der Waals surface area contributed by atoms with Crippen LogP contribution in [-0.2, 0) is 25.4 Å². The van der Waals surface area contributed by atoms with Crippen molar-refractivity contribution in [3.8, 4) is 11.1 Å². The van der Waals surface area contributed by atoms with Gasteiger partial charge in [0.25, 0.3) is 0 Å². The van der Waals surface area contributed by atoms with E-state index in [0.717, 1.165) is 60.2 Å². The molecule has 1 fully saturated rings. The first-order valence-corrected chi connectivity index (χ1v) is 16.2. The van der Waals surface area contributed by atoms with E-state index in [0.29, 0.717) is 6.42 Å². The van der Waals surface area contributed by atoms with E-state index in [1.54, 1.807) is 0 Å². The molecule has 238 valence electrons. The molecule has 4 rings (SSSR count). The Morgan fingerprint density at radius 2 is 1.84 bits per heavy atom. The number of benzene rings is 1. The third-order valence-electron chi connectivity index (χ3n) is 7.81. The van der Waals surface area contributed by atoms with Gasteiger partial charge in [-0.2, -0.15) is 0 Å². The van der Waals surface area contributed by atoms with Crippen LogP contribution >= 0.6 is 0 Å². The Balaban J connectivity index is 1.81. The quantitative estimate of drug-likeness (QED) is 0.222. The monoisotopic (exact) mass is 603 g/mol. The molecule has 1 aromatic heterocycles. The van der Waals surface area contributed by atoms with Crippen LogP contribution in [0.5, 0.6) is 0 Å². The van der Waals surface area contributed by atoms with E-state index < -0.39 is 11.4 Å². The summed E-state index contributed by atoms with van der Waals surface area (Å²) in [4.78, 5) is 18.0. The fourth-order valence-electron chi connectivity index (χ4n) is 6.10. The normalized spacial score (nSPS) is 21.6. The van der Waals surface area contributed by atoms with Gasteiger partial charge in [0.05, 0.1) is 30.0 Å². The number of pyridine rings is 1. The Hall–Kier alpha value is -3.09. The van der Waals surface area contributed by atoms with Gasteiger partial charge in [0.2, 0.25) is 0 Å². The van der Waals surface area contributed by atoms with Gasteiger partial charge in [0.15, 0.2) is 5.79 Å². The molecule has 0 spiro atoms. The zero-order chi connectivity index (χ0) is 32.1. The lowest BCUT2D eigenvalue weighted by atomic mass is 9.86. The summed E-state index contributed by atoms with van der Waals surface area (Å²) in [6.45, 7) is 15.8. The van der Waals surface area contributed by atoms with Gasteiger partial charge < -0.3 is 14.2 Å². The Morgan fingerprint density at radius 3 is 2.50 bits per heavy atom. The fraction of sp³-hybridized carbons (Fsp3) is 0.526. The van der Waals surface area contributed by atoms with E-state index in [1.807, 2.05) is 46.8 Å². The van der Waals surface area contributed by atoms with Gasteiger partial charge in [0.1, 0.15) is 11.4 Å². The van der Waals surface area contributed by atoms with Crippen molar-refractivity contribution in [1.29, 1.82) is 0 Å². The zero-order valence-corrected chi connectivity index (χ0v) is 27.8. The Morgan fingerprint density at radius 1 is 1.14 bits per heavy atom. The molecular formula is C38H50FNO4. The molecule has 1 saturated heterocycles. The number of hydrogen-bond acceptors (Lipinski definition) is 5. The molecular weight excluding hydrogens is 553 g/mol. The van der Waals surface area contributed by atoms with E-state index in [4.69, 9.17) is 19.2 Å². The van der Waals surface area contributed by atoms with Crippen LogP contribution in [0.4, 0.5) is 4.39 Å². The van der Waals surface area contributed by atoms with Crippen LogP contribution in [0, 0.1) is 5.82 Å². The molecule has 0 N–H and O–H groups in total. The lowest BCUT2D eigenvalue weighted by Gasteiger charge is -2.40. The summed E-state index contributed by atoms with van der Waals surface area (Å²) in [5.74, 6) is -1.24. The number of esters is 1. The number of allylic oxidation sites excluding steroid dienone is 4. The van der Waals surface area contributed by atoms with Crippen molar-refractivity contribution < 1.29 is 23.4 Å². The number of ether oxygens (including phenoxy) is 3. The lowest BCUT2D eigenvalue weighted by Crippen LogP contribution is -2.45. The van der Waals surface area contributed by atoms with Gasteiger partial charge in [-0.15, -0.1) is 0 Å². The molecule has 0 radical (unpaired) electrons. The van der Waals surface area contributed by atoms with E-state index in [2.05, 4.69) is 51.2 Å². The second kappa shape index (κ2) is 14.3. The van der Waals surface area contributed by atoms with Crippen molar-refractivity contribution >= 4 is 17.6 Å². The first-order valence-electron chi connectivity index (χ1n) is 16.2. The molecule has 1 aliphatic heterocycles. The molecule has 0 bridgehead atoms. The number of hydrogen-bond donors (Lipinski definition) is 0. The molecule has 0 amide bonds. The second-order valence-electron chi connectivity index (χ2n) is 13.7. The highest BCUT2D eigenvalue weighted by Crippen LogP contribution is 2.41. The number of carbonyl (C=O) groups excluding carboxylic acids is 1. The fourth-order valence-corrected chi connectivity index (χ4v) is 6.10. The highest BCUT2D eigenvalue weighted by Gasteiger charge is 2.36. The van der Waals surface area contributed by atoms with Gasteiger partial charge in [0, 0.05) is 12.0 Å². The summed E-state index contributed by atoms with van der Waals surface area (Å²) < 4.78 is 32.2. The average Bonchev–Trinajstić information content (AvgIpc) is 3.12. The smallest absolute Gasteiger partial charge is 0.308 e. The standard InChI is InChI=1S/C38H50FNO4/c1-9-10-11-14-27-15-12-13-16-31-34(26-17-19-28(39)20-18-26)32(35(25(2)3)40-36(27)31)22-21-29-23-30(43-38(7,8)42-29)24-33(41)44-37(4,5)6/h10-11,14,17-22,25,29-30H,9,12-13,15-16,23-24H2,1-8H3/b11-10-,22-21+,27-14+/t29-,30-/m1/s1. The maximum absolute atomic E-state index is 14.1. The van der Waals surface area contributed by atoms with Crippen molar-refractivity contribution in [1.82, 2.24) is 4.98 Å². The van der Waals surface area contributed by atoms with E-state index in [-0.39, 0.29) is 36.3 Å². The SMILES string of the molecule is CC/C=C\C=C1/CCCCc2c1nc(C(C)C)c(/C=C/[C@@H]1C[C@H](CC(=O)OC(C)(C)C)OC(C)(C)O1)c2-c1ccc(F)cc1. The van der Waals surface area contributed by atoms with Gasteiger partial charge in [-0.1, -0.05) is 63.3 Å². The number of carbonyl (C=O) groups is 1. The number of fused-ring (bicyclic) bond motifs is 1. The molecule has 44 heavy (non-hydrogen) atoms. The maximum Gasteiger partial charge on any atom is 0.308 e. The first kappa shape index (κ1) is 33.8. The topological polar surface area (TPSA) is 57.7 Å². The Bertz CT molecular complexity index is 1400.